The zero-order valence-electron chi connectivity index (χ0n) is 10.3. The van der Waals surface area contributed by atoms with E-state index in [1.807, 2.05) is 13.8 Å². The van der Waals surface area contributed by atoms with Gasteiger partial charge in [0.25, 0.3) is 0 Å². The first-order valence-electron chi connectivity index (χ1n) is 5.89. The van der Waals surface area contributed by atoms with Crippen LogP contribution in [0.1, 0.15) is 32.3 Å². The number of benzene rings is 1. The Kier molecular flexibility index (Phi) is 5.07. The van der Waals surface area contributed by atoms with E-state index < -0.39 is 11.6 Å². The van der Waals surface area contributed by atoms with E-state index in [4.69, 9.17) is 5.41 Å². The smallest absolute Gasteiger partial charge is 0.134 e. The van der Waals surface area contributed by atoms with Crippen molar-refractivity contribution in [1.29, 1.82) is 5.41 Å². The lowest BCUT2D eigenvalue weighted by Crippen LogP contribution is -2.33. The van der Waals surface area contributed by atoms with Crippen molar-refractivity contribution in [3.63, 3.8) is 0 Å². The second-order valence-electron chi connectivity index (χ2n) is 3.96. The highest BCUT2D eigenvalue weighted by molar-refractivity contribution is 5.96. The summed E-state index contributed by atoms with van der Waals surface area (Å²) < 4.78 is 26.6. The second kappa shape index (κ2) is 6.33. The summed E-state index contributed by atoms with van der Waals surface area (Å²) in [6.07, 6.45) is 1.75. The molecule has 94 valence electrons. The van der Waals surface area contributed by atoms with E-state index >= 15 is 0 Å². The van der Waals surface area contributed by atoms with Crippen LogP contribution in [0.25, 0.3) is 0 Å². The lowest BCUT2D eigenvalue weighted by Gasteiger charge is -2.24. The summed E-state index contributed by atoms with van der Waals surface area (Å²) in [6.45, 7) is 5.36. The van der Waals surface area contributed by atoms with Crippen molar-refractivity contribution in [2.24, 2.45) is 0 Å². The molecular formula is C13H18F2N2. The molecule has 0 amide bonds. The highest BCUT2D eigenvalue weighted by Gasteiger charge is 2.15. The molecule has 1 aromatic carbocycles. The third kappa shape index (κ3) is 3.51. The van der Waals surface area contributed by atoms with Gasteiger partial charge in [-0.3, -0.25) is 5.41 Å². The summed E-state index contributed by atoms with van der Waals surface area (Å²) in [5.74, 6) is -1.00. The molecule has 0 saturated carbocycles. The maximum Gasteiger partial charge on any atom is 0.134 e. The van der Waals surface area contributed by atoms with Gasteiger partial charge in [0.05, 0.1) is 5.56 Å². The van der Waals surface area contributed by atoms with Crippen molar-refractivity contribution in [1.82, 2.24) is 4.90 Å². The van der Waals surface area contributed by atoms with Crippen molar-refractivity contribution in [3.05, 3.63) is 35.4 Å². The largest absolute Gasteiger partial charge is 0.357 e. The van der Waals surface area contributed by atoms with Crippen molar-refractivity contribution >= 4 is 5.84 Å². The van der Waals surface area contributed by atoms with E-state index in [0.29, 0.717) is 13.1 Å². The number of hydrogen-bond acceptors (Lipinski definition) is 1. The second-order valence-corrected chi connectivity index (χ2v) is 3.96. The standard InChI is InChI=1S/C13H18F2N2/c1-3-7-17(8-4-2)13(16)11-9-10(14)5-6-12(11)15/h5-6,9,16H,3-4,7-8H2,1-2H3. The monoisotopic (exact) mass is 240 g/mol. The van der Waals surface area contributed by atoms with Crippen LogP contribution in [0.2, 0.25) is 0 Å². The van der Waals surface area contributed by atoms with Crippen LogP contribution in [0, 0.1) is 17.0 Å². The molecule has 0 atom stereocenters. The average molecular weight is 240 g/mol. The molecule has 0 aliphatic heterocycles. The molecule has 1 aromatic rings. The fourth-order valence-corrected chi connectivity index (χ4v) is 1.72. The van der Waals surface area contributed by atoms with Crippen molar-refractivity contribution in [2.75, 3.05) is 13.1 Å². The average Bonchev–Trinajstić information content (AvgIpc) is 2.31. The molecule has 1 rings (SSSR count). The SMILES string of the molecule is CCCN(CCC)C(=N)c1cc(F)ccc1F. The molecule has 0 spiro atoms. The zero-order chi connectivity index (χ0) is 12.8. The normalized spacial score (nSPS) is 10.4. The van der Waals surface area contributed by atoms with Crippen molar-refractivity contribution in [3.8, 4) is 0 Å². The lowest BCUT2D eigenvalue weighted by molar-refractivity contribution is 0.413. The molecule has 0 bridgehead atoms. The van der Waals surface area contributed by atoms with Gasteiger partial charge in [0.1, 0.15) is 17.5 Å². The summed E-state index contributed by atoms with van der Waals surface area (Å²) >= 11 is 0. The Morgan fingerprint density at radius 3 is 2.29 bits per heavy atom. The molecule has 2 nitrogen and oxygen atoms in total. The number of halogens is 2. The Balaban J connectivity index is 2.95. The Morgan fingerprint density at radius 1 is 1.18 bits per heavy atom. The summed E-state index contributed by atoms with van der Waals surface area (Å²) in [4.78, 5) is 1.78. The molecule has 0 heterocycles. The van der Waals surface area contributed by atoms with Crippen LogP contribution in [-0.4, -0.2) is 23.8 Å². The van der Waals surface area contributed by atoms with Gasteiger partial charge in [-0.25, -0.2) is 8.78 Å². The summed E-state index contributed by atoms with van der Waals surface area (Å²) in [7, 11) is 0. The van der Waals surface area contributed by atoms with Gasteiger partial charge in [0.15, 0.2) is 0 Å². The van der Waals surface area contributed by atoms with E-state index in [9.17, 15) is 8.78 Å². The van der Waals surface area contributed by atoms with Gasteiger partial charge in [-0.1, -0.05) is 13.8 Å². The van der Waals surface area contributed by atoms with Gasteiger partial charge in [0.2, 0.25) is 0 Å². The highest BCUT2D eigenvalue weighted by atomic mass is 19.1. The minimum absolute atomic E-state index is 0.0342. The Labute approximate surface area is 101 Å². The van der Waals surface area contributed by atoms with Gasteiger partial charge < -0.3 is 4.90 Å². The fraction of sp³-hybridized carbons (Fsp3) is 0.462. The number of hydrogen-bond donors (Lipinski definition) is 1. The molecule has 0 unspecified atom stereocenters. The van der Waals surface area contributed by atoms with Gasteiger partial charge in [-0.15, -0.1) is 0 Å². The van der Waals surface area contributed by atoms with Gasteiger partial charge in [0, 0.05) is 13.1 Å². The molecule has 1 N–H and O–H groups in total. The Morgan fingerprint density at radius 2 is 1.76 bits per heavy atom. The number of nitrogens with zero attached hydrogens (tertiary/aromatic N) is 1. The van der Waals surface area contributed by atoms with Gasteiger partial charge in [-0.2, -0.15) is 0 Å². The fourth-order valence-electron chi connectivity index (χ4n) is 1.72. The van der Waals surface area contributed by atoms with Crippen LogP contribution in [0.15, 0.2) is 18.2 Å². The van der Waals surface area contributed by atoms with Crippen molar-refractivity contribution < 1.29 is 8.78 Å². The topological polar surface area (TPSA) is 27.1 Å². The zero-order valence-corrected chi connectivity index (χ0v) is 10.3. The Hall–Kier alpha value is -1.45. The molecular weight excluding hydrogens is 222 g/mol. The quantitative estimate of drug-likeness (QED) is 0.619. The minimum Gasteiger partial charge on any atom is -0.357 e. The van der Waals surface area contributed by atoms with E-state index in [1.54, 1.807) is 4.90 Å². The third-order valence-corrected chi connectivity index (χ3v) is 2.49. The molecule has 17 heavy (non-hydrogen) atoms. The van der Waals surface area contributed by atoms with Crippen LogP contribution >= 0.6 is 0 Å². The lowest BCUT2D eigenvalue weighted by atomic mass is 10.1. The predicted octanol–water partition coefficient (Wildman–Crippen LogP) is 3.41. The number of rotatable bonds is 5. The first kappa shape index (κ1) is 13.6. The van der Waals surface area contributed by atoms with Gasteiger partial charge >= 0.3 is 0 Å². The number of amidine groups is 1. The van der Waals surface area contributed by atoms with Gasteiger partial charge in [-0.05, 0) is 31.0 Å². The molecule has 0 aliphatic rings. The van der Waals surface area contributed by atoms with E-state index in [-0.39, 0.29) is 11.4 Å². The van der Waals surface area contributed by atoms with E-state index in [2.05, 4.69) is 0 Å². The minimum atomic E-state index is -0.548. The summed E-state index contributed by atoms with van der Waals surface area (Å²) in [5.41, 5.74) is 0.0342. The van der Waals surface area contributed by atoms with Crippen LogP contribution in [0.4, 0.5) is 8.78 Å². The summed E-state index contributed by atoms with van der Waals surface area (Å²) in [6, 6.07) is 3.21. The molecule has 0 fully saturated rings. The van der Waals surface area contributed by atoms with Crippen molar-refractivity contribution in [2.45, 2.75) is 26.7 Å². The van der Waals surface area contributed by atoms with Crippen LogP contribution in [0.5, 0.6) is 0 Å². The first-order chi connectivity index (χ1) is 8.10. The van der Waals surface area contributed by atoms with Crippen LogP contribution in [-0.2, 0) is 0 Å². The summed E-state index contributed by atoms with van der Waals surface area (Å²) in [5, 5.41) is 7.95. The highest BCUT2D eigenvalue weighted by Crippen LogP contribution is 2.13. The van der Waals surface area contributed by atoms with Crippen LogP contribution < -0.4 is 0 Å². The molecule has 0 radical (unpaired) electrons. The predicted molar refractivity (Wildman–Crippen MR) is 65.3 cm³/mol. The first-order valence-corrected chi connectivity index (χ1v) is 5.89. The van der Waals surface area contributed by atoms with E-state index in [1.165, 1.54) is 0 Å². The number of nitrogens with one attached hydrogen (secondary N) is 1. The molecule has 4 heteroatoms. The molecule has 0 aromatic heterocycles. The Bertz CT molecular complexity index is 385. The molecule has 0 aliphatic carbocycles. The van der Waals surface area contributed by atoms with Crippen LogP contribution in [0.3, 0.4) is 0 Å². The molecule has 0 saturated heterocycles. The van der Waals surface area contributed by atoms with E-state index in [0.717, 1.165) is 31.0 Å². The maximum absolute atomic E-state index is 13.5. The maximum atomic E-state index is 13.5. The third-order valence-electron chi connectivity index (χ3n) is 2.49.